The second kappa shape index (κ2) is 6.23. The number of carbonyl (C=O) groups is 1. The molecule has 138 valence electrons. The molecule has 0 saturated carbocycles. The van der Waals surface area contributed by atoms with E-state index in [9.17, 15) is 14.7 Å². The molecule has 2 aromatic heterocycles. The monoisotopic (exact) mass is 364 g/mol. The number of hydrogen-bond donors (Lipinski definition) is 1. The van der Waals surface area contributed by atoms with Crippen molar-refractivity contribution in [3.63, 3.8) is 0 Å². The second-order valence-corrected chi connectivity index (χ2v) is 7.15. The summed E-state index contributed by atoms with van der Waals surface area (Å²) < 4.78 is 5.35. The highest BCUT2D eigenvalue weighted by atomic mass is 16.4. The number of aryl methyl sites for hydroxylation is 1. The lowest BCUT2D eigenvalue weighted by Gasteiger charge is -2.32. The summed E-state index contributed by atoms with van der Waals surface area (Å²) >= 11 is 0. The molecule has 0 spiro atoms. The lowest BCUT2D eigenvalue weighted by atomic mass is 9.98. The van der Waals surface area contributed by atoms with Gasteiger partial charge in [0.05, 0.1) is 0 Å². The summed E-state index contributed by atoms with van der Waals surface area (Å²) in [5.74, 6) is -0.369. The molecular weight excluding hydrogens is 344 g/mol. The SMILES string of the molecule is Cc1ccccc1-c1cc(=O)oc2nc(N3CCC[C@]3(C)C(=O)O)ccc12. The first-order valence-electron chi connectivity index (χ1n) is 8.92. The van der Waals surface area contributed by atoms with Crippen LogP contribution in [0, 0.1) is 6.92 Å². The van der Waals surface area contributed by atoms with Crippen LogP contribution in [0.3, 0.4) is 0 Å². The molecule has 1 aliphatic heterocycles. The first kappa shape index (κ1) is 17.3. The molecule has 0 radical (unpaired) electrons. The van der Waals surface area contributed by atoms with Gasteiger partial charge in [0.15, 0.2) is 0 Å². The fourth-order valence-electron chi connectivity index (χ4n) is 3.83. The van der Waals surface area contributed by atoms with Gasteiger partial charge in [-0.25, -0.2) is 9.59 Å². The van der Waals surface area contributed by atoms with Crippen LogP contribution >= 0.6 is 0 Å². The molecule has 1 aliphatic rings. The number of anilines is 1. The van der Waals surface area contributed by atoms with E-state index in [1.165, 1.54) is 6.07 Å². The highest BCUT2D eigenvalue weighted by Crippen LogP contribution is 2.35. The highest BCUT2D eigenvalue weighted by molar-refractivity contribution is 5.93. The second-order valence-electron chi connectivity index (χ2n) is 7.15. The van der Waals surface area contributed by atoms with Gasteiger partial charge in [0.1, 0.15) is 11.4 Å². The van der Waals surface area contributed by atoms with Crippen molar-refractivity contribution in [3.8, 4) is 11.1 Å². The average Bonchev–Trinajstić information content (AvgIpc) is 3.04. The number of benzene rings is 1. The zero-order valence-electron chi connectivity index (χ0n) is 15.2. The number of carboxylic acid groups (broad SMARTS) is 1. The predicted octanol–water partition coefficient (Wildman–Crippen LogP) is 3.61. The first-order chi connectivity index (χ1) is 12.9. The molecule has 1 atom stereocenters. The fourth-order valence-corrected chi connectivity index (χ4v) is 3.83. The molecular formula is C21H20N2O4. The molecule has 0 amide bonds. The number of rotatable bonds is 3. The van der Waals surface area contributed by atoms with Gasteiger partial charge in [-0.05, 0) is 49.9 Å². The summed E-state index contributed by atoms with van der Waals surface area (Å²) in [5.41, 5.74) is 1.49. The Morgan fingerprint density at radius 3 is 2.74 bits per heavy atom. The number of aliphatic carboxylic acids is 1. The van der Waals surface area contributed by atoms with E-state index in [1.54, 1.807) is 17.9 Å². The van der Waals surface area contributed by atoms with Crippen LogP contribution in [0.4, 0.5) is 5.82 Å². The topological polar surface area (TPSA) is 83.6 Å². The maximum atomic E-state index is 12.1. The first-order valence-corrected chi connectivity index (χ1v) is 8.92. The summed E-state index contributed by atoms with van der Waals surface area (Å²) in [6.45, 7) is 4.29. The molecule has 3 heterocycles. The Morgan fingerprint density at radius 2 is 2.00 bits per heavy atom. The van der Waals surface area contributed by atoms with Crippen molar-refractivity contribution < 1.29 is 14.3 Å². The van der Waals surface area contributed by atoms with E-state index in [-0.39, 0.29) is 5.71 Å². The standard InChI is InChI=1S/C21H20N2O4/c1-13-6-3-4-7-14(13)16-12-18(24)27-19-15(16)8-9-17(22-19)23-11-5-10-21(23,2)20(25)26/h3-4,6-9,12H,5,10-11H2,1-2H3,(H,25,26)/t21-/m1/s1. The lowest BCUT2D eigenvalue weighted by Crippen LogP contribution is -2.48. The molecule has 4 rings (SSSR count). The molecule has 1 aromatic carbocycles. The zero-order chi connectivity index (χ0) is 19.2. The van der Waals surface area contributed by atoms with Crippen LogP contribution in [0.1, 0.15) is 25.3 Å². The Bertz CT molecular complexity index is 1100. The van der Waals surface area contributed by atoms with Gasteiger partial charge in [-0.2, -0.15) is 4.98 Å². The summed E-state index contributed by atoms with van der Waals surface area (Å²) in [5, 5.41) is 10.4. The largest absolute Gasteiger partial charge is 0.480 e. The van der Waals surface area contributed by atoms with E-state index in [1.807, 2.05) is 37.3 Å². The Balaban J connectivity index is 1.89. The van der Waals surface area contributed by atoms with E-state index in [0.717, 1.165) is 28.5 Å². The molecule has 0 bridgehead atoms. The number of carboxylic acids is 1. The van der Waals surface area contributed by atoms with Crippen molar-refractivity contribution in [2.24, 2.45) is 0 Å². The van der Waals surface area contributed by atoms with E-state index >= 15 is 0 Å². The minimum absolute atomic E-state index is 0.220. The van der Waals surface area contributed by atoms with Crippen LogP contribution in [-0.4, -0.2) is 28.1 Å². The Morgan fingerprint density at radius 1 is 1.22 bits per heavy atom. The number of hydrogen-bond acceptors (Lipinski definition) is 5. The maximum absolute atomic E-state index is 12.1. The number of nitrogens with zero attached hydrogens (tertiary/aromatic N) is 2. The van der Waals surface area contributed by atoms with Gasteiger partial charge in [0, 0.05) is 23.6 Å². The third-order valence-corrected chi connectivity index (χ3v) is 5.41. The highest BCUT2D eigenvalue weighted by Gasteiger charge is 2.44. The molecule has 1 saturated heterocycles. The van der Waals surface area contributed by atoms with Gasteiger partial charge in [0.2, 0.25) is 5.71 Å². The summed E-state index contributed by atoms with van der Waals surface area (Å²) in [7, 11) is 0. The normalized spacial score (nSPS) is 19.6. The van der Waals surface area contributed by atoms with Gasteiger partial charge in [0.25, 0.3) is 0 Å². The minimum atomic E-state index is -1.01. The summed E-state index contributed by atoms with van der Waals surface area (Å²) in [4.78, 5) is 30.2. The smallest absolute Gasteiger partial charge is 0.338 e. The molecule has 3 aromatic rings. The maximum Gasteiger partial charge on any atom is 0.338 e. The number of pyridine rings is 1. The molecule has 6 nitrogen and oxygen atoms in total. The molecule has 1 fully saturated rings. The van der Waals surface area contributed by atoms with Crippen molar-refractivity contribution in [1.29, 1.82) is 0 Å². The fraction of sp³-hybridized carbons (Fsp3) is 0.286. The average molecular weight is 364 g/mol. The van der Waals surface area contributed by atoms with E-state index in [4.69, 9.17) is 4.42 Å². The third kappa shape index (κ3) is 2.77. The quantitative estimate of drug-likeness (QED) is 0.764. The number of aromatic nitrogens is 1. The van der Waals surface area contributed by atoms with Crippen LogP contribution < -0.4 is 10.5 Å². The zero-order valence-corrected chi connectivity index (χ0v) is 15.2. The summed E-state index contributed by atoms with van der Waals surface area (Å²) in [6.07, 6.45) is 1.32. The molecule has 0 unspecified atom stereocenters. The van der Waals surface area contributed by atoms with Crippen LogP contribution in [0.25, 0.3) is 22.2 Å². The van der Waals surface area contributed by atoms with Crippen LogP contribution in [0.5, 0.6) is 0 Å². The van der Waals surface area contributed by atoms with Crippen molar-refractivity contribution in [2.45, 2.75) is 32.2 Å². The van der Waals surface area contributed by atoms with Gasteiger partial charge < -0.3 is 14.4 Å². The Hall–Kier alpha value is -3.15. The van der Waals surface area contributed by atoms with E-state index in [0.29, 0.717) is 18.8 Å². The van der Waals surface area contributed by atoms with Gasteiger partial charge >= 0.3 is 11.6 Å². The summed E-state index contributed by atoms with van der Waals surface area (Å²) in [6, 6.07) is 12.9. The van der Waals surface area contributed by atoms with Crippen LogP contribution in [0.2, 0.25) is 0 Å². The molecule has 6 heteroatoms. The Labute approximate surface area is 156 Å². The third-order valence-electron chi connectivity index (χ3n) is 5.41. The van der Waals surface area contributed by atoms with Crippen LogP contribution in [0.15, 0.2) is 51.7 Å². The number of fused-ring (bicyclic) bond motifs is 1. The molecule has 0 aliphatic carbocycles. The minimum Gasteiger partial charge on any atom is -0.480 e. The van der Waals surface area contributed by atoms with Crippen LogP contribution in [-0.2, 0) is 4.79 Å². The lowest BCUT2D eigenvalue weighted by molar-refractivity contribution is -0.142. The van der Waals surface area contributed by atoms with Crippen molar-refractivity contribution in [1.82, 2.24) is 4.98 Å². The predicted molar refractivity (Wildman–Crippen MR) is 103 cm³/mol. The van der Waals surface area contributed by atoms with Gasteiger partial charge in [-0.15, -0.1) is 0 Å². The molecule has 27 heavy (non-hydrogen) atoms. The Kier molecular flexibility index (Phi) is 3.98. The van der Waals surface area contributed by atoms with Gasteiger partial charge in [-0.3, -0.25) is 0 Å². The van der Waals surface area contributed by atoms with E-state index < -0.39 is 17.1 Å². The van der Waals surface area contributed by atoms with Gasteiger partial charge in [-0.1, -0.05) is 24.3 Å². The van der Waals surface area contributed by atoms with E-state index in [2.05, 4.69) is 4.98 Å². The van der Waals surface area contributed by atoms with Crippen molar-refractivity contribution in [3.05, 3.63) is 58.4 Å². The van der Waals surface area contributed by atoms with Crippen molar-refractivity contribution >= 4 is 22.9 Å². The van der Waals surface area contributed by atoms with Crippen molar-refractivity contribution in [2.75, 3.05) is 11.4 Å². The molecule has 1 N–H and O–H groups in total.